The molecule has 0 aliphatic carbocycles. The van der Waals surface area contributed by atoms with Crippen LogP contribution in [0.3, 0.4) is 0 Å². The molecule has 3 atom stereocenters. The molecule has 2 aromatic rings. The lowest BCUT2D eigenvalue weighted by atomic mass is 9.94. The van der Waals surface area contributed by atoms with E-state index in [-0.39, 0.29) is 0 Å². The van der Waals surface area contributed by atoms with E-state index in [0.29, 0.717) is 30.3 Å². The van der Waals surface area contributed by atoms with E-state index >= 15 is 0 Å². The van der Waals surface area contributed by atoms with Crippen LogP contribution in [0.4, 0.5) is 0 Å². The maximum Gasteiger partial charge on any atom is 0.328 e. The summed E-state index contributed by atoms with van der Waals surface area (Å²) in [6.07, 6.45) is 4.39. The number of piperazine rings is 1. The molecule has 176 valence electrons. The van der Waals surface area contributed by atoms with Gasteiger partial charge in [-0.25, -0.2) is 9.59 Å². The van der Waals surface area contributed by atoms with Crippen molar-refractivity contribution in [3.8, 4) is 0 Å². The number of aliphatic carboxylic acids is 2. The maximum atomic E-state index is 9.55. The fourth-order valence-corrected chi connectivity index (χ4v) is 5.70. The smallest absolute Gasteiger partial charge is 0.328 e. The van der Waals surface area contributed by atoms with E-state index in [0.717, 1.165) is 19.5 Å². The van der Waals surface area contributed by atoms with Crippen LogP contribution in [-0.2, 0) is 16.0 Å². The Balaban J connectivity index is 0.000000331. The molecule has 0 spiro atoms. The summed E-state index contributed by atoms with van der Waals surface area (Å²) in [5.74, 6) is -2.51. The number of nitrogens with zero attached hydrogens (tertiary/aromatic N) is 1. The average Bonchev–Trinajstić information content (AvgIpc) is 2.96. The number of benzene rings is 2. The molecule has 3 N–H and O–H groups in total. The van der Waals surface area contributed by atoms with Crippen LogP contribution in [0.1, 0.15) is 31.0 Å². The van der Waals surface area contributed by atoms with E-state index in [9.17, 15) is 9.59 Å². The summed E-state index contributed by atoms with van der Waals surface area (Å²) in [7, 11) is 0. The van der Waals surface area contributed by atoms with Gasteiger partial charge < -0.3 is 15.5 Å². The van der Waals surface area contributed by atoms with Crippen molar-refractivity contribution in [1.82, 2.24) is 10.2 Å². The van der Waals surface area contributed by atoms with Crippen molar-refractivity contribution in [2.45, 2.75) is 53.1 Å². The number of nitrogens with one attached hydrogen (secondary N) is 1. The average molecular weight is 487 g/mol. The number of thioether (sulfide) groups is 1. The predicted molar refractivity (Wildman–Crippen MR) is 133 cm³/mol. The number of hydrogen-bond acceptors (Lipinski definition) is 6. The first-order chi connectivity index (χ1) is 15.8. The normalized spacial score (nSPS) is 22.5. The minimum Gasteiger partial charge on any atom is -0.478 e. The summed E-state index contributed by atoms with van der Waals surface area (Å²) in [5.41, 5.74) is 2.99. The summed E-state index contributed by atoms with van der Waals surface area (Å²) in [6, 6.07) is 17.5. The Morgan fingerprint density at radius 3 is 2.45 bits per heavy atom. The number of carbonyl (C=O) groups is 2. The molecule has 2 aliphatic heterocycles. The van der Waals surface area contributed by atoms with Gasteiger partial charge in [-0.3, -0.25) is 4.90 Å². The second kappa shape index (κ2) is 11.7. The van der Waals surface area contributed by atoms with Crippen molar-refractivity contribution in [1.29, 1.82) is 0 Å². The van der Waals surface area contributed by atoms with E-state index in [2.05, 4.69) is 72.8 Å². The number of carboxylic acid groups (broad SMARTS) is 2. The fourth-order valence-electron chi connectivity index (χ4n) is 4.14. The van der Waals surface area contributed by atoms with E-state index in [1.54, 1.807) is 0 Å². The molecule has 8 heteroatoms. The largest absolute Gasteiger partial charge is 0.478 e. The molecule has 2 aromatic carbocycles. The molecule has 2 heterocycles. The Morgan fingerprint density at radius 1 is 1.09 bits per heavy atom. The molecule has 0 aromatic heterocycles. The fraction of sp³-hybridized carbons (Fsp3) is 0.360. The van der Waals surface area contributed by atoms with Crippen molar-refractivity contribution >= 4 is 35.5 Å². The van der Waals surface area contributed by atoms with Gasteiger partial charge in [0.25, 0.3) is 0 Å². The Hall–Kier alpha value is -2.26. The van der Waals surface area contributed by atoms with Gasteiger partial charge in [0, 0.05) is 58.1 Å². The van der Waals surface area contributed by atoms with Crippen LogP contribution in [0.2, 0.25) is 0 Å². The van der Waals surface area contributed by atoms with Gasteiger partial charge in [0.2, 0.25) is 0 Å². The third-order valence-electron chi connectivity index (χ3n) is 5.76. The first kappa shape index (κ1) is 25.4. The first-order valence-electron chi connectivity index (χ1n) is 10.8. The first-order valence-corrected chi connectivity index (χ1v) is 12.9. The van der Waals surface area contributed by atoms with Gasteiger partial charge in [0.05, 0.1) is 0 Å². The number of hydrogen-bond donors (Lipinski definition) is 3. The molecule has 4 rings (SSSR count). The highest BCUT2D eigenvalue weighted by molar-refractivity contribution is 7.99. The SMILES string of the molecule is CSc1ccc2c(c1)C(N1CC(C)NCC1C)Cc1ccccc1S2.O=C(O)/C=C/C(=O)O. The Labute approximate surface area is 203 Å². The zero-order valence-electron chi connectivity index (χ0n) is 19.0. The molecule has 6 nitrogen and oxygen atoms in total. The third-order valence-corrected chi connectivity index (χ3v) is 7.70. The van der Waals surface area contributed by atoms with Gasteiger partial charge in [0.15, 0.2) is 0 Å². The van der Waals surface area contributed by atoms with Gasteiger partial charge in [-0.15, -0.1) is 11.8 Å². The predicted octanol–water partition coefficient (Wildman–Crippen LogP) is 4.55. The third kappa shape index (κ3) is 6.86. The van der Waals surface area contributed by atoms with Crippen LogP contribution in [-0.4, -0.2) is 58.5 Å². The summed E-state index contributed by atoms with van der Waals surface area (Å²) >= 11 is 3.78. The minimum atomic E-state index is -1.26. The van der Waals surface area contributed by atoms with Crippen molar-refractivity contribution in [3.63, 3.8) is 0 Å². The van der Waals surface area contributed by atoms with E-state index in [4.69, 9.17) is 10.2 Å². The van der Waals surface area contributed by atoms with Gasteiger partial charge in [-0.05, 0) is 61.9 Å². The topological polar surface area (TPSA) is 89.9 Å². The zero-order valence-corrected chi connectivity index (χ0v) is 20.7. The van der Waals surface area contributed by atoms with Crippen LogP contribution in [0.15, 0.2) is 69.3 Å². The molecular formula is C25H30N2O4S2. The van der Waals surface area contributed by atoms with Gasteiger partial charge in [-0.2, -0.15) is 0 Å². The monoisotopic (exact) mass is 486 g/mol. The van der Waals surface area contributed by atoms with Crippen LogP contribution < -0.4 is 5.32 Å². The molecule has 1 saturated heterocycles. The molecule has 0 saturated carbocycles. The second-order valence-electron chi connectivity index (χ2n) is 8.20. The lowest BCUT2D eigenvalue weighted by Gasteiger charge is -2.43. The van der Waals surface area contributed by atoms with Crippen LogP contribution >= 0.6 is 23.5 Å². The summed E-state index contributed by atoms with van der Waals surface area (Å²) in [6.45, 7) is 6.85. The highest BCUT2D eigenvalue weighted by atomic mass is 32.2. The highest BCUT2D eigenvalue weighted by Crippen LogP contribution is 2.44. The molecule has 0 amide bonds. The molecule has 0 radical (unpaired) electrons. The van der Waals surface area contributed by atoms with Crippen LogP contribution in [0, 0.1) is 0 Å². The molecule has 1 fully saturated rings. The molecule has 0 bridgehead atoms. The standard InChI is InChI=1S/C21H26N2S2.C4H4O4/c1-14-13-23(15(2)12-22-14)19-10-16-6-4-5-7-20(16)25-21-9-8-17(24-3)11-18(19)21;5-3(6)1-2-4(7)8/h4-9,11,14-15,19,22H,10,12-13H2,1-3H3;1-2H,(H,5,6)(H,7,8)/b;2-1+. The number of fused-ring (bicyclic) bond motifs is 2. The lowest BCUT2D eigenvalue weighted by Crippen LogP contribution is -2.55. The van der Waals surface area contributed by atoms with Crippen LogP contribution in [0.5, 0.6) is 0 Å². The molecule has 2 aliphatic rings. The summed E-state index contributed by atoms with van der Waals surface area (Å²) in [4.78, 5) is 26.0. The van der Waals surface area contributed by atoms with Gasteiger partial charge >= 0.3 is 11.9 Å². The summed E-state index contributed by atoms with van der Waals surface area (Å²) < 4.78 is 0. The van der Waals surface area contributed by atoms with Crippen molar-refractivity contribution in [2.75, 3.05) is 19.3 Å². The number of rotatable bonds is 4. The Kier molecular flexibility index (Phi) is 9.02. The molecule has 33 heavy (non-hydrogen) atoms. The van der Waals surface area contributed by atoms with Crippen molar-refractivity contribution in [2.24, 2.45) is 0 Å². The maximum absolute atomic E-state index is 9.55. The lowest BCUT2D eigenvalue weighted by molar-refractivity contribution is -0.134. The molecule has 3 unspecified atom stereocenters. The Bertz CT molecular complexity index is 1010. The molecular weight excluding hydrogens is 456 g/mol. The highest BCUT2D eigenvalue weighted by Gasteiger charge is 2.33. The van der Waals surface area contributed by atoms with Gasteiger partial charge in [-0.1, -0.05) is 30.0 Å². The van der Waals surface area contributed by atoms with Crippen molar-refractivity contribution in [3.05, 3.63) is 65.7 Å². The van der Waals surface area contributed by atoms with E-state index < -0.39 is 11.9 Å². The van der Waals surface area contributed by atoms with Crippen LogP contribution in [0.25, 0.3) is 0 Å². The summed E-state index contributed by atoms with van der Waals surface area (Å²) in [5, 5.41) is 19.3. The zero-order chi connectivity index (χ0) is 24.0. The number of carboxylic acids is 2. The Morgan fingerprint density at radius 2 is 1.79 bits per heavy atom. The van der Waals surface area contributed by atoms with E-state index in [1.807, 2.05) is 23.5 Å². The van der Waals surface area contributed by atoms with E-state index in [1.165, 1.54) is 25.8 Å². The minimum absolute atomic E-state index is 0.456. The second-order valence-corrected chi connectivity index (χ2v) is 10.2. The van der Waals surface area contributed by atoms with Crippen molar-refractivity contribution < 1.29 is 19.8 Å². The quantitative estimate of drug-likeness (QED) is 0.428. The van der Waals surface area contributed by atoms with Gasteiger partial charge in [0.1, 0.15) is 0 Å².